The number of morpholine rings is 1. The average Bonchev–Trinajstić information content (AvgIpc) is 3.28. The number of ether oxygens (including phenoxy) is 2. The normalized spacial score (nSPS) is 21.2. The topological polar surface area (TPSA) is 50.7 Å². The van der Waals surface area contributed by atoms with Gasteiger partial charge in [-0.3, -0.25) is 4.90 Å². The number of aryl methyl sites for hydroxylation is 2. The maximum atomic E-state index is 5.90. The molecule has 0 bridgehead atoms. The van der Waals surface area contributed by atoms with Gasteiger partial charge >= 0.3 is 0 Å². The minimum atomic E-state index is 0.317. The van der Waals surface area contributed by atoms with Crippen molar-refractivity contribution in [1.29, 1.82) is 0 Å². The van der Waals surface area contributed by atoms with Crippen molar-refractivity contribution < 1.29 is 9.47 Å². The molecule has 27 heavy (non-hydrogen) atoms. The molecule has 2 fully saturated rings. The number of nitrogens with zero attached hydrogens (tertiary/aromatic N) is 4. The highest BCUT2D eigenvalue weighted by Crippen LogP contribution is 2.35. The minimum Gasteiger partial charge on any atom is -0.379 e. The summed E-state index contributed by atoms with van der Waals surface area (Å²) in [5.41, 5.74) is 1.31. The van der Waals surface area contributed by atoms with Gasteiger partial charge in [0.15, 0.2) is 0 Å². The summed E-state index contributed by atoms with van der Waals surface area (Å²) in [6, 6.07) is 0. The van der Waals surface area contributed by atoms with Gasteiger partial charge in [-0.25, -0.2) is 9.97 Å². The van der Waals surface area contributed by atoms with Gasteiger partial charge in [-0.1, -0.05) is 0 Å². The smallest absolute Gasteiger partial charge is 0.146 e. The molecule has 2 aromatic heterocycles. The van der Waals surface area contributed by atoms with E-state index in [1.807, 2.05) is 0 Å². The first-order chi connectivity index (χ1) is 13.2. The van der Waals surface area contributed by atoms with Gasteiger partial charge in [0, 0.05) is 37.7 Å². The van der Waals surface area contributed by atoms with Crippen molar-refractivity contribution in [2.45, 2.75) is 46.3 Å². The van der Waals surface area contributed by atoms with Crippen LogP contribution in [0.1, 0.15) is 36.0 Å². The molecule has 0 aliphatic carbocycles. The van der Waals surface area contributed by atoms with E-state index in [4.69, 9.17) is 19.4 Å². The number of anilines is 1. The lowest BCUT2D eigenvalue weighted by Crippen LogP contribution is -2.36. The molecule has 1 atom stereocenters. The van der Waals surface area contributed by atoms with Gasteiger partial charge in [0.1, 0.15) is 16.5 Å². The zero-order valence-corrected chi connectivity index (χ0v) is 17.5. The quantitative estimate of drug-likeness (QED) is 0.755. The Bertz CT molecular complexity index is 782. The molecule has 7 heteroatoms. The van der Waals surface area contributed by atoms with Crippen LogP contribution in [0.2, 0.25) is 0 Å². The first kappa shape index (κ1) is 19.1. The van der Waals surface area contributed by atoms with E-state index in [-0.39, 0.29) is 0 Å². The summed E-state index contributed by atoms with van der Waals surface area (Å²) in [4.78, 5) is 17.2. The molecule has 2 aliphatic heterocycles. The van der Waals surface area contributed by atoms with Crippen molar-refractivity contribution in [3.63, 3.8) is 0 Å². The van der Waals surface area contributed by atoms with Crippen LogP contribution in [-0.4, -0.2) is 67.0 Å². The van der Waals surface area contributed by atoms with Gasteiger partial charge in [-0.15, -0.1) is 11.3 Å². The Hall–Kier alpha value is -1.28. The summed E-state index contributed by atoms with van der Waals surface area (Å²) in [5, 5.41) is 1.23. The van der Waals surface area contributed by atoms with Gasteiger partial charge in [0.05, 0.1) is 31.2 Å². The first-order valence-electron chi connectivity index (χ1n) is 10.1. The molecule has 148 valence electrons. The second-order valence-electron chi connectivity index (χ2n) is 7.49. The van der Waals surface area contributed by atoms with Gasteiger partial charge in [0.2, 0.25) is 0 Å². The molecule has 0 spiro atoms. The van der Waals surface area contributed by atoms with E-state index >= 15 is 0 Å². The molecule has 2 aromatic rings. The Morgan fingerprint density at radius 2 is 2.00 bits per heavy atom. The molecule has 0 N–H and O–H groups in total. The minimum absolute atomic E-state index is 0.317. The second kappa shape index (κ2) is 8.39. The Morgan fingerprint density at radius 1 is 1.19 bits per heavy atom. The second-order valence-corrected chi connectivity index (χ2v) is 8.69. The van der Waals surface area contributed by atoms with Crippen LogP contribution < -0.4 is 4.90 Å². The third-order valence-corrected chi connectivity index (χ3v) is 6.76. The standard InChI is InChI=1S/C20H30N4O2S/c1-4-24(12-16-6-5-9-26-16)19-18-14(2)15(3)27-20(18)22-17(21-19)13-23-7-10-25-11-8-23/h16H,4-13H2,1-3H3. The van der Waals surface area contributed by atoms with E-state index in [9.17, 15) is 0 Å². The van der Waals surface area contributed by atoms with Crippen molar-refractivity contribution in [2.75, 3.05) is 50.9 Å². The first-order valence-corrected chi connectivity index (χ1v) is 10.9. The predicted octanol–water partition coefficient (Wildman–Crippen LogP) is 3.15. The van der Waals surface area contributed by atoms with Crippen molar-refractivity contribution in [1.82, 2.24) is 14.9 Å². The maximum absolute atomic E-state index is 5.90. The van der Waals surface area contributed by atoms with Gasteiger partial charge in [-0.05, 0) is 39.2 Å². The van der Waals surface area contributed by atoms with E-state index in [0.717, 1.165) is 75.4 Å². The van der Waals surface area contributed by atoms with Crippen molar-refractivity contribution in [3.8, 4) is 0 Å². The van der Waals surface area contributed by atoms with Crippen molar-refractivity contribution in [3.05, 3.63) is 16.3 Å². The zero-order valence-electron chi connectivity index (χ0n) is 16.7. The van der Waals surface area contributed by atoms with Crippen LogP contribution in [0, 0.1) is 13.8 Å². The Balaban J connectivity index is 1.68. The fraction of sp³-hybridized carbons (Fsp3) is 0.700. The number of likely N-dealkylation sites (N-methyl/N-ethyl adjacent to an activating group) is 1. The predicted molar refractivity (Wildman–Crippen MR) is 110 cm³/mol. The van der Waals surface area contributed by atoms with Crippen LogP contribution in [0.15, 0.2) is 0 Å². The fourth-order valence-corrected chi connectivity index (χ4v) is 4.97. The molecule has 2 aliphatic rings. The number of fused-ring (bicyclic) bond motifs is 1. The largest absolute Gasteiger partial charge is 0.379 e. The van der Waals surface area contributed by atoms with Crippen LogP contribution in [-0.2, 0) is 16.0 Å². The molecule has 6 nitrogen and oxygen atoms in total. The van der Waals surface area contributed by atoms with Gasteiger partial charge in [0.25, 0.3) is 0 Å². The maximum Gasteiger partial charge on any atom is 0.146 e. The van der Waals surface area contributed by atoms with Gasteiger partial charge < -0.3 is 14.4 Å². The number of aromatic nitrogens is 2. The number of thiophene rings is 1. The average molecular weight is 391 g/mol. The van der Waals surface area contributed by atoms with Crippen LogP contribution >= 0.6 is 11.3 Å². The molecular weight excluding hydrogens is 360 g/mol. The molecule has 0 aromatic carbocycles. The summed E-state index contributed by atoms with van der Waals surface area (Å²) in [6.45, 7) is 13.6. The SMILES string of the molecule is CCN(CC1CCCO1)c1nc(CN2CCOCC2)nc2sc(C)c(C)c12. The van der Waals surface area contributed by atoms with Crippen LogP contribution in [0.25, 0.3) is 10.2 Å². The number of rotatable bonds is 6. The van der Waals surface area contributed by atoms with Crippen molar-refractivity contribution in [2.24, 2.45) is 0 Å². The molecule has 0 amide bonds. The summed E-state index contributed by atoms with van der Waals surface area (Å²) < 4.78 is 11.4. The molecule has 1 unspecified atom stereocenters. The summed E-state index contributed by atoms with van der Waals surface area (Å²) in [7, 11) is 0. The van der Waals surface area contributed by atoms with Crippen LogP contribution in [0.4, 0.5) is 5.82 Å². The van der Waals surface area contributed by atoms with E-state index in [1.54, 1.807) is 11.3 Å². The lowest BCUT2D eigenvalue weighted by molar-refractivity contribution is 0.0331. The highest BCUT2D eigenvalue weighted by Gasteiger charge is 2.24. The third-order valence-electron chi connectivity index (χ3n) is 5.65. The van der Waals surface area contributed by atoms with Crippen molar-refractivity contribution >= 4 is 27.4 Å². The zero-order chi connectivity index (χ0) is 18.8. The Morgan fingerprint density at radius 3 is 2.70 bits per heavy atom. The molecule has 4 rings (SSSR count). The molecule has 0 saturated carbocycles. The molecular formula is C20H30N4O2S. The van der Waals surface area contributed by atoms with Crippen LogP contribution in [0.5, 0.6) is 0 Å². The van der Waals surface area contributed by atoms with E-state index < -0.39 is 0 Å². The van der Waals surface area contributed by atoms with Gasteiger partial charge in [-0.2, -0.15) is 0 Å². The Labute approximate surface area is 165 Å². The highest BCUT2D eigenvalue weighted by atomic mass is 32.1. The molecule has 2 saturated heterocycles. The molecule has 4 heterocycles. The number of hydrogen-bond acceptors (Lipinski definition) is 7. The van der Waals surface area contributed by atoms with Crippen LogP contribution in [0.3, 0.4) is 0 Å². The fourth-order valence-electron chi connectivity index (χ4n) is 3.93. The van der Waals surface area contributed by atoms with E-state index in [1.165, 1.54) is 22.2 Å². The third kappa shape index (κ3) is 4.11. The van der Waals surface area contributed by atoms with E-state index in [0.29, 0.717) is 6.10 Å². The summed E-state index contributed by atoms with van der Waals surface area (Å²) in [6.07, 6.45) is 2.63. The number of hydrogen-bond donors (Lipinski definition) is 0. The Kier molecular flexibility index (Phi) is 5.92. The summed E-state index contributed by atoms with van der Waals surface area (Å²) in [5.74, 6) is 2.01. The monoisotopic (exact) mass is 390 g/mol. The van der Waals surface area contributed by atoms with E-state index in [2.05, 4.69) is 30.6 Å². The lowest BCUT2D eigenvalue weighted by Gasteiger charge is -2.28. The summed E-state index contributed by atoms with van der Waals surface area (Å²) >= 11 is 1.79. The molecule has 0 radical (unpaired) electrons. The highest BCUT2D eigenvalue weighted by molar-refractivity contribution is 7.18. The lowest BCUT2D eigenvalue weighted by atomic mass is 10.1.